The largest absolute Gasteiger partial charge is 0.496 e. The molecule has 134 valence electrons. The zero-order valence-corrected chi connectivity index (χ0v) is 15.4. The maximum absolute atomic E-state index is 12.1. The fourth-order valence-electron chi connectivity index (χ4n) is 2.56. The minimum atomic E-state index is -0.0311. The summed E-state index contributed by atoms with van der Waals surface area (Å²) in [5.74, 6) is 0.814. The minimum Gasteiger partial charge on any atom is -0.496 e. The Labute approximate surface area is 157 Å². The van der Waals surface area contributed by atoms with Crippen molar-refractivity contribution in [3.05, 3.63) is 71.2 Å². The lowest BCUT2D eigenvalue weighted by Crippen LogP contribution is -2.27. The van der Waals surface area contributed by atoms with Crippen molar-refractivity contribution in [2.75, 3.05) is 19.0 Å². The number of nitrogens with zero attached hydrogens (tertiary/aromatic N) is 1. The number of hydrogen-bond donors (Lipinski definition) is 2. The maximum Gasteiger partial charge on any atom is 0.226 e. The lowest BCUT2D eigenvalue weighted by molar-refractivity contribution is -0.120. The van der Waals surface area contributed by atoms with E-state index in [1.165, 1.54) is 11.3 Å². The molecule has 6 heteroatoms. The van der Waals surface area contributed by atoms with Crippen molar-refractivity contribution in [3.63, 3.8) is 0 Å². The zero-order chi connectivity index (χ0) is 18.2. The Morgan fingerprint density at radius 1 is 1.12 bits per heavy atom. The van der Waals surface area contributed by atoms with Crippen LogP contribution >= 0.6 is 11.3 Å². The van der Waals surface area contributed by atoms with E-state index in [0.29, 0.717) is 6.54 Å². The first-order valence-corrected chi connectivity index (χ1v) is 9.27. The van der Waals surface area contributed by atoms with Gasteiger partial charge in [-0.05, 0) is 30.2 Å². The van der Waals surface area contributed by atoms with Gasteiger partial charge in [-0.15, -0.1) is 11.3 Å². The summed E-state index contributed by atoms with van der Waals surface area (Å²) in [4.78, 5) is 16.6. The van der Waals surface area contributed by atoms with Gasteiger partial charge in [-0.2, -0.15) is 0 Å². The molecule has 26 heavy (non-hydrogen) atoms. The number of amides is 1. The summed E-state index contributed by atoms with van der Waals surface area (Å²) in [6.45, 7) is 0.568. The van der Waals surface area contributed by atoms with E-state index < -0.39 is 0 Å². The first-order chi connectivity index (χ1) is 12.7. The number of thiazole rings is 1. The van der Waals surface area contributed by atoms with Crippen LogP contribution in [0.4, 0.5) is 10.8 Å². The van der Waals surface area contributed by atoms with Crippen LogP contribution in [0, 0.1) is 0 Å². The highest BCUT2D eigenvalue weighted by atomic mass is 32.1. The molecule has 0 bridgehead atoms. The average Bonchev–Trinajstić information content (AvgIpc) is 3.09. The number of hydrogen-bond acceptors (Lipinski definition) is 5. The normalized spacial score (nSPS) is 10.3. The molecule has 1 heterocycles. The van der Waals surface area contributed by atoms with Gasteiger partial charge in [0.2, 0.25) is 5.91 Å². The molecule has 2 N–H and O–H groups in total. The number of carbonyl (C=O) groups is 1. The van der Waals surface area contributed by atoms with Crippen molar-refractivity contribution < 1.29 is 9.53 Å². The van der Waals surface area contributed by atoms with Gasteiger partial charge in [0.15, 0.2) is 5.13 Å². The fraction of sp³-hybridized carbons (Fsp3) is 0.200. The number of ether oxygens (including phenoxy) is 1. The molecule has 0 aliphatic heterocycles. The van der Waals surface area contributed by atoms with Crippen molar-refractivity contribution in [1.82, 2.24) is 10.3 Å². The Bertz CT molecular complexity index is 849. The molecule has 5 nitrogen and oxygen atoms in total. The van der Waals surface area contributed by atoms with E-state index in [1.807, 2.05) is 60.0 Å². The Hall–Kier alpha value is -2.86. The van der Waals surface area contributed by atoms with Gasteiger partial charge in [-0.3, -0.25) is 4.79 Å². The predicted molar refractivity (Wildman–Crippen MR) is 105 cm³/mol. The molecule has 0 atom stereocenters. The van der Waals surface area contributed by atoms with E-state index in [4.69, 9.17) is 4.74 Å². The monoisotopic (exact) mass is 367 g/mol. The molecule has 1 aromatic heterocycles. The number of nitrogens with one attached hydrogen (secondary N) is 2. The first-order valence-electron chi connectivity index (χ1n) is 8.39. The number of rotatable bonds is 8. The lowest BCUT2D eigenvalue weighted by Gasteiger charge is -2.08. The highest BCUT2D eigenvalue weighted by Gasteiger charge is 2.08. The van der Waals surface area contributed by atoms with E-state index in [1.54, 1.807) is 7.11 Å². The van der Waals surface area contributed by atoms with Gasteiger partial charge in [0.25, 0.3) is 0 Å². The lowest BCUT2D eigenvalue weighted by atomic mass is 10.1. The van der Waals surface area contributed by atoms with Crippen LogP contribution in [0.15, 0.2) is 60.0 Å². The van der Waals surface area contributed by atoms with E-state index in [9.17, 15) is 4.79 Å². The second-order valence-corrected chi connectivity index (χ2v) is 6.58. The third-order valence-corrected chi connectivity index (χ3v) is 4.63. The van der Waals surface area contributed by atoms with Crippen LogP contribution in [0.2, 0.25) is 0 Å². The van der Waals surface area contributed by atoms with Crippen molar-refractivity contribution in [2.45, 2.75) is 12.8 Å². The van der Waals surface area contributed by atoms with Gasteiger partial charge < -0.3 is 15.4 Å². The van der Waals surface area contributed by atoms with Crippen molar-refractivity contribution >= 4 is 28.1 Å². The number of carbonyl (C=O) groups excluding carboxylic acids is 1. The second kappa shape index (κ2) is 9.01. The molecule has 1 amide bonds. The third-order valence-electron chi connectivity index (χ3n) is 3.83. The van der Waals surface area contributed by atoms with Gasteiger partial charge >= 0.3 is 0 Å². The molecular weight excluding hydrogens is 346 g/mol. The Balaban J connectivity index is 1.46. The highest BCUT2D eigenvalue weighted by Crippen LogP contribution is 2.21. The number of benzene rings is 2. The summed E-state index contributed by atoms with van der Waals surface area (Å²) >= 11 is 1.49. The Kier molecular flexibility index (Phi) is 6.22. The molecule has 0 aliphatic carbocycles. The summed E-state index contributed by atoms with van der Waals surface area (Å²) in [5, 5.41) is 8.87. The molecule has 0 unspecified atom stereocenters. The standard InChI is InChI=1S/C20H21N3O2S/c1-25-18-10-6-5-7-15(18)11-12-21-19(24)13-17-14-26-20(23-17)22-16-8-3-2-4-9-16/h2-10,14H,11-13H2,1H3,(H,21,24)(H,22,23). The quantitative estimate of drug-likeness (QED) is 0.636. The third kappa shape index (κ3) is 5.07. The zero-order valence-electron chi connectivity index (χ0n) is 14.6. The molecule has 3 aromatic rings. The van der Waals surface area contributed by atoms with Crippen LogP contribution in [0.1, 0.15) is 11.3 Å². The van der Waals surface area contributed by atoms with E-state index in [-0.39, 0.29) is 12.3 Å². The van der Waals surface area contributed by atoms with Crippen LogP contribution < -0.4 is 15.4 Å². The molecule has 0 aliphatic rings. The molecule has 0 spiro atoms. The molecule has 0 radical (unpaired) electrons. The smallest absolute Gasteiger partial charge is 0.226 e. The molecule has 3 rings (SSSR count). The van der Waals surface area contributed by atoms with Gasteiger partial charge in [0.05, 0.1) is 19.2 Å². The van der Waals surface area contributed by atoms with Crippen molar-refractivity contribution in [3.8, 4) is 5.75 Å². The van der Waals surface area contributed by atoms with Gasteiger partial charge in [0.1, 0.15) is 5.75 Å². The Morgan fingerprint density at radius 3 is 2.69 bits per heavy atom. The molecule has 0 saturated heterocycles. The fourth-order valence-corrected chi connectivity index (χ4v) is 3.29. The summed E-state index contributed by atoms with van der Waals surface area (Å²) in [6.07, 6.45) is 1.01. The van der Waals surface area contributed by atoms with Crippen LogP contribution in [-0.4, -0.2) is 24.5 Å². The van der Waals surface area contributed by atoms with Gasteiger partial charge in [-0.1, -0.05) is 36.4 Å². The predicted octanol–water partition coefficient (Wildman–Crippen LogP) is 3.80. The minimum absolute atomic E-state index is 0.0311. The highest BCUT2D eigenvalue weighted by molar-refractivity contribution is 7.13. The second-order valence-electron chi connectivity index (χ2n) is 5.72. The van der Waals surface area contributed by atoms with Crippen LogP contribution in [0.25, 0.3) is 0 Å². The molecule has 0 saturated carbocycles. The molecular formula is C20H21N3O2S. The van der Waals surface area contributed by atoms with Crippen LogP contribution in [0.3, 0.4) is 0 Å². The summed E-state index contributed by atoms with van der Waals surface area (Å²) in [6, 6.07) is 17.7. The topological polar surface area (TPSA) is 63.2 Å². The van der Waals surface area contributed by atoms with Crippen molar-refractivity contribution in [1.29, 1.82) is 0 Å². The SMILES string of the molecule is COc1ccccc1CCNC(=O)Cc1csc(Nc2ccccc2)n1. The summed E-state index contributed by atoms with van der Waals surface area (Å²) < 4.78 is 5.32. The summed E-state index contributed by atoms with van der Waals surface area (Å²) in [7, 11) is 1.65. The van der Waals surface area contributed by atoms with Gasteiger partial charge in [-0.25, -0.2) is 4.98 Å². The van der Waals surface area contributed by atoms with Crippen molar-refractivity contribution in [2.24, 2.45) is 0 Å². The van der Waals surface area contributed by atoms with E-state index in [2.05, 4.69) is 15.6 Å². The Morgan fingerprint density at radius 2 is 1.88 bits per heavy atom. The molecule has 0 fully saturated rings. The number of methoxy groups -OCH3 is 1. The number of anilines is 2. The van der Waals surface area contributed by atoms with Gasteiger partial charge in [0, 0.05) is 17.6 Å². The van der Waals surface area contributed by atoms with E-state index in [0.717, 1.165) is 34.2 Å². The number of aromatic nitrogens is 1. The average molecular weight is 367 g/mol. The first kappa shape index (κ1) is 17.9. The summed E-state index contributed by atoms with van der Waals surface area (Å²) in [5.41, 5.74) is 2.83. The van der Waals surface area contributed by atoms with Crippen LogP contribution in [-0.2, 0) is 17.6 Å². The number of para-hydroxylation sites is 2. The molecule has 2 aromatic carbocycles. The van der Waals surface area contributed by atoms with E-state index >= 15 is 0 Å². The maximum atomic E-state index is 12.1. The van der Waals surface area contributed by atoms with Crippen LogP contribution in [0.5, 0.6) is 5.75 Å².